The summed E-state index contributed by atoms with van der Waals surface area (Å²) in [5.41, 5.74) is -1.27. The van der Waals surface area contributed by atoms with E-state index in [0.717, 1.165) is 6.07 Å². The van der Waals surface area contributed by atoms with Gasteiger partial charge in [-0.25, -0.2) is 0 Å². The highest BCUT2D eigenvalue weighted by atomic mass is 19.4. The average Bonchev–Trinajstić information content (AvgIpc) is 2.52. The van der Waals surface area contributed by atoms with Crippen LogP contribution in [0.3, 0.4) is 0 Å². The van der Waals surface area contributed by atoms with Crippen LogP contribution in [0.15, 0.2) is 24.3 Å². The van der Waals surface area contributed by atoms with Crippen LogP contribution in [-0.4, -0.2) is 47.8 Å². The van der Waals surface area contributed by atoms with Gasteiger partial charge in [0.2, 0.25) is 5.91 Å². The fraction of sp³-hybridized carbons (Fsp3) is 0.500. The molecule has 1 aliphatic rings. The molecule has 1 saturated heterocycles. The van der Waals surface area contributed by atoms with Gasteiger partial charge < -0.3 is 9.80 Å². The summed E-state index contributed by atoms with van der Waals surface area (Å²) in [5, 5.41) is 0. The number of amides is 2. The van der Waals surface area contributed by atoms with Gasteiger partial charge in [-0.3, -0.25) is 9.59 Å². The van der Waals surface area contributed by atoms with E-state index in [9.17, 15) is 22.8 Å². The van der Waals surface area contributed by atoms with E-state index in [-0.39, 0.29) is 30.5 Å². The van der Waals surface area contributed by atoms with Gasteiger partial charge in [-0.1, -0.05) is 26.0 Å². The first-order valence-electron chi connectivity index (χ1n) is 7.46. The van der Waals surface area contributed by atoms with Gasteiger partial charge in [-0.2, -0.15) is 13.2 Å². The number of alkyl halides is 3. The summed E-state index contributed by atoms with van der Waals surface area (Å²) < 4.78 is 39.0. The van der Waals surface area contributed by atoms with Crippen LogP contribution in [0.1, 0.15) is 29.8 Å². The van der Waals surface area contributed by atoms with Crippen molar-refractivity contribution in [3.63, 3.8) is 0 Å². The Hall–Kier alpha value is -2.05. The Labute approximate surface area is 132 Å². The molecule has 0 spiro atoms. The van der Waals surface area contributed by atoms with Crippen LogP contribution >= 0.6 is 0 Å². The lowest BCUT2D eigenvalue weighted by atomic mass is 10.1. The van der Waals surface area contributed by atoms with E-state index in [0.29, 0.717) is 13.1 Å². The zero-order chi connectivity index (χ0) is 17.2. The van der Waals surface area contributed by atoms with Crippen LogP contribution in [0.25, 0.3) is 0 Å². The summed E-state index contributed by atoms with van der Waals surface area (Å²) in [4.78, 5) is 27.3. The molecule has 126 valence electrons. The Morgan fingerprint density at radius 3 is 2.04 bits per heavy atom. The minimum Gasteiger partial charge on any atom is -0.339 e. The van der Waals surface area contributed by atoms with Gasteiger partial charge in [0.1, 0.15) is 0 Å². The van der Waals surface area contributed by atoms with E-state index >= 15 is 0 Å². The number of piperazine rings is 1. The normalized spacial score (nSPS) is 15.9. The van der Waals surface area contributed by atoms with Gasteiger partial charge in [0.15, 0.2) is 0 Å². The van der Waals surface area contributed by atoms with Gasteiger partial charge in [-0.15, -0.1) is 0 Å². The molecule has 7 heteroatoms. The molecule has 1 aromatic carbocycles. The highest BCUT2D eigenvalue weighted by molar-refractivity contribution is 5.96. The van der Waals surface area contributed by atoms with E-state index in [1.54, 1.807) is 18.7 Å². The number of hydrogen-bond donors (Lipinski definition) is 0. The molecule has 0 aliphatic carbocycles. The topological polar surface area (TPSA) is 40.6 Å². The summed E-state index contributed by atoms with van der Waals surface area (Å²) in [6.45, 7) is 4.75. The minimum atomic E-state index is -4.57. The Balaban J connectivity index is 2.11. The Kier molecular flexibility index (Phi) is 4.97. The summed E-state index contributed by atoms with van der Waals surface area (Å²) in [5.74, 6) is -0.787. The van der Waals surface area contributed by atoms with Gasteiger partial charge in [0.25, 0.3) is 5.91 Å². The molecule has 23 heavy (non-hydrogen) atoms. The monoisotopic (exact) mass is 328 g/mol. The summed E-state index contributed by atoms with van der Waals surface area (Å²) in [7, 11) is 0. The first kappa shape index (κ1) is 17.3. The maximum atomic E-state index is 13.0. The molecule has 2 rings (SSSR count). The number of halogens is 3. The third-order valence-electron chi connectivity index (χ3n) is 3.84. The van der Waals surface area contributed by atoms with Crippen molar-refractivity contribution in [1.82, 2.24) is 9.80 Å². The standard InChI is InChI=1S/C16H19F3N2O2/c1-11(2)14(22)20-7-9-21(10-8-20)15(23)12-5-3-4-6-13(12)16(17,18)19/h3-6,11H,7-10H2,1-2H3. The molecule has 0 unspecified atom stereocenters. The smallest absolute Gasteiger partial charge is 0.339 e. The lowest BCUT2D eigenvalue weighted by Gasteiger charge is -2.36. The molecule has 0 saturated carbocycles. The zero-order valence-corrected chi connectivity index (χ0v) is 13.1. The Morgan fingerprint density at radius 1 is 1.00 bits per heavy atom. The average molecular weight is 328 g/mol. The highest BCUT2D eigenvalue weighted by Gasteiger charge is 2.36. The molecular formula is C16H19F3N2O2. The summed E-state index contributed by atoms with van der Waals surface area (Å²) >= 11 is 0. The van der Waals surface area contributed by atoms with Gasteiger partial charge in [0.05, 0.1) is 11.1 Å². The molecule has 4 nitrogen and oxygen atoms in total. The van der Waals surface area contributed by atoms with Gasteiger partial charge in [0, 0.05) is 32.1 Å². The van der Waals surface area contributed by atoms with Crippen LogP contribution in [0.4, 0.5) is 13.2 Å². The van der Waals surface area contributed by atoms with E-state index in [4.69, 9.17) is 0 Å². The fourth-order valence-electron chi connectivity index (χ4n) is 2.58. The SMILES string of the molecule is CC(C)C(=O)N1CCN(C(=O)c2ccccc2C(F)(F)F)CC1. The second-order valence-corrected chi connectivity index (χ2v) is 5.82. The van der Waals surface area contributed by atoms with Crippen LogP contribution in [0, 0.1) is 5.92 Å². The van der Waals surface area contributed by atoms with E-state index in [1.807, 2.05) is 0 Å². The van der Waals surface area contributed by atoms with E-state index in [2.05, 4.69) is 0 Å². The molecule has 0 N–H and O–H groups in total. The minimum absolute atomic E-state index is 0.00668. The Bertz CT molecular complexity index is 591. The second kappa shape index (κ2) is 6.60. The summed E-state index contributed by atoms with van der Waals surface area (Å²) in [6, 6.07) is 4.78. The quantitative estimate of drug-likeness (QED) is 0.837. The highest BCUT2D eigenvalue weighted by Crippen LogP contribution is 2.32. The maximum absolute atomic E-state index is 13.0. The number of nitrogens with zero attached hydrogens (tertiary/aromatic N) is 2. The largest absolute Gasteiger partial charge is 0.417 e. The molecule has 0 bridgehead atoms. The van der Waals surface area contributed by atoms with Crippen molar-refractivity contribution in [3.8, 4) is 0 Å². The van der Waals surface area contributed by atoms with Crippen molar-refractivity contribution < 1.29 is 22.8 Å². The van der Waals surface area contributed by atoms with Crippen LogP contribution in [0.5, 0.6) is 0 Å². The zero-order valence-electron chi connectivity index (χ0n) is 13.1. The van der Waals surface area contributed by atoms with Crippen LogP contribution in [0.2, 0.25) is 0 Å². The first-order chi connectivity index (χ1) is 10.7. The van der Waals surface area contributed by atoms with Crippen molar-refractivity contribution in [2.24, 2.45) is 5.92 Å². The molecule has 0 aromatic heterocycles. The number of hydrogen-bond acceptors (Lipinski definition) is 2. The maximum Gasteiger partial charge on any atom is 0.417 e. The third kappa shape index (κ3) is 3.83. The second-order valence-electron chi connectivity index (χ2n) is 5.82. The predicted octanol–water partition coefficient (Wildman–Crippen LogP) is 2.65. The van der Waals surface area contributed by atoms with Gasteiger partial charge in [-0.05, 0) is 12.1 Å². The lowest BCUT2D eigenvalue weighted by molar-refractivity contribution is -0.138. The molecule has 1 aromatic rings. The predicted molar refractivity (Wildman–Crippen MR) is 78.8 cm³/mol. The van der Waals surface area contributed by atoms with Crippen molar-refractivity contribution in [1.29, 1.82) is 0 Å². The molecule has 1 fully saturated rings. The van der Waals surface area contributed by atoms with Crippen molar-refractivity contribution >= 4 is 11.8 Å². The van der Waals surface area contributed by atoms with Crippen LogP contribution < -0.4 is 0 Å². The number of rotatable bonds is 2. The number of benzene rings is 1. The third-order valence-corrected chi connectivity index (χ3v) is 3.84. The molecule has 1 aliphatic heterocycles. The molecule has 0 radical (unpaired) electrons. The van der Waals surface area contributed by atoms with E-state index in [1.165, 1.54) is 23.1 Å². The van der Waals surface area contributed by atoms with Gasteiger partial charge >= 0.3 is 6.18 Å². The van der Waals surface area contributed by atoms with Crippen LogP contribution in [-0.2, 0) is 11.0 Å². The van der Waals surface area contributed by atoms with Crippen molar-refractivity contribution in [2.45, 2.75) is 20.0 Å². The lowest BCUT2D eigenvalue weighted by Crippen LogP contribution is -2.51. The molecular weight excluding hydrogens is 309 g/mol. The van der Waals surface area contributed by atoms with Crippen molar-refractivity contribution in [3.05, 3.63) is 35.4 Å². The Morgan fingerprint density at radius 2 is 1.52 bits per heavy atom. The molecule has 2 amide bonds. The van der Waals surface area contributed by atoms with E-state index < -0.39 is 17.6 Å². The summed E-state index contributed by atoms with van der Waals surface area (Å²) in [6.07, 6.45) is -4.57. The molecule has 1 heterocycles. The first-order valence-corrected chi connectivity index (χ1v) is 7.46. The number of carbonyl (C=O) groups excluding carboxylic acids is 2. The van der Waals surface area contributed by atoms with Crippen molar-refractivity contribution in [2.75, 3.05) is 26.2 Å². The fourth-order valence-corrected chi connectivity index (χ4v) is 2.58. The molecule has 0 atom stereocenters. The number of carbonyl (C=O) groups is 2.